The first-order chi connectivity index (χ1) is 11.0. The van der Waals surface area contributed by atoms with Crippen LogP contribution in [0.5, 0.6) is 0 Å². The number of ether oxygens (including phenoxy) is 2. The van der Waals surface area contributed by atoms with Crippen LogP contribution in [0, 0.1) is 11.8 Å². The van der Waals surface area contributed by atoms with Gasteiger partial charge >= 0.3 is 5.97 Å². The molecule has 3 rings (SSSR count). The maximum atomic E-state index is 12.5. The molecule has 0 aromatic heterocycles. The van der Waals surface area contributed by atoms with Gasteiger partial charge in [0.05, 0.1) is 24.2 Å². The predicted molar refractivity (Wildman–Crippen MR) is 82.1 cm³/mol. The Morgan fingerprint density at radius 2 is 2.26 bits per heavy atom. The molecule has 0 aromatic rings. The molecule has 1 N–H and O–H groups in total. The lowest BCUT2D eigenvalue weighted by atomic mass is 9.72. The van der Waals surface area contributed by atoms with E-state index in [4.69, 9.17) is 9.47 Å². The number of esters is 1. The van der Waals surface area contributed by atoms with Gasteiger partial charge in [-0.05, 0) is 31.8 Å². The van der Waals surface area contributed by atoms with Gasteiger partial charge in [0.1, 0.15) is 12.3 Å². The molecular weight excluding hydrogens is 298 g/mol. The largest absolute Gasteiger partial charge is 0.457 e. The van der Waals surface area contributed by atoms with Crippen molar-refractivity contribution in [2.24, 2.45) is 11.8 Å². The maximum Gasteiger partial charge on any atom is 0.355 e. The van der Waals surface area contributed by atoms with E-state index < -0.39 is 18.0 Å². The number of β-lactam (4-membered cyclic amide) rings is 1. The average molecular weight is 321 g/mol. The Balaban J connectivity index is 1.99. The SMILES string of the molecule is C=CCOC(=O)C1=C2C(OC)CCCC2C2C(C(C)O)C(=O)N12. The quantitative estimate of drug-likeness (QED) is 0.464. The number of amides is 1. The number of carbonyl (C=O) groups excluding carboxylic acids is 2. The zero-order valence-corrected chi connectivity index (χ0v) is 13.5. The third-order valence-electron chi connectivity index (χ3n) is 5.17. The number of methoxy groups -OCH3 is 1. The van der Waals surface area contributed by atoms with E-state index in [0.29, 0.717) is 5.70 Å². The summed E-state index contributed by atoms with van der Waals surface area (Å²) in [6.07, 6.45) is 3.30. The summed E-state index contributed by atoms with van der Waals surface area (Å²) in [6.45, 7) is 5.27. The van der Waals surface area contributed by atoms with E-state index in [-0.39, 0.29) is 30.6 Å². The summed E-state index contributed by atoms with van der Waals surface area (Å²) >= 11 is 0. The summed E-state index contributed by atoms with van der Waals surface area (Å²) in [4.78, 5) is 26.5. The van der Waals surface area contributed by atoms with Crippen molar-refractivity contribution in [3.63, 3.8) is 0 Å². The first-order valence-electron chi connectivity index (χ1n) is 8.08. The smallest absolute Gasteiger partial charge is 0.355 e. The Morgan fingerprint density at radius 3 is 2.87 bits per heavy atom. The van der Waals surface area contributed by atoms with E-state index in [1.807, 2.05) is 0 Å². The Kier molecular flexibility index (Phi) is 4.29. The van der Waals surface area contributed by atoms with Crippen molar-refractivity contribution in [2.45, 2.75) is 44.4 Å². The monoisotopic (exact) mass is 321 g/mol. The van der Waals surface area contributed by atoms with Crippen molar-refractivity contribution in [2.75, 3.05) is 13.7 Å². The molecule has 1 saturated heterocycles. The number of fused-ring (bicyclic) bond motifs is 3. The molecule has 2 heterocycles. The minimum Gasteiger partial charge on any atom is -0.457 e. The summed E-state index contributed by atoms with van der Waals surface area (Å²) in [6, 6.07) is -0.151. The van der Waals surface area contributed by atoms with Crippen LogP contribution in [0.25, 0.3) is 0 Å². The summed E-state index contributed by atoms with van der Waals surface area (Å²) < 4.78 is 10.7. The van der Waals surface area contributed by atoms with Gasteiger partial charge < -0.3 is 19.5 Å². The van der Waals surface area contributed by atoms with E-state index in [1.165, 1.54) is 11.0 Å². The minimum atomic E-state index is -0.725. The highest BCUT2D eigenvalue weighted by Crippen LogP contribution is 2.52. The fourth-order valence-corrected chi connectivity index (χ4v) is 4.27. The predicted octanol–water partition coefficient (Wildman–Crippen LogP) is 1.01. The van der Waals surface area contributed by atoms with Crippen LogP contribution in [0.1, 0.15) is 26.2 Å². The van der Waals surface area contributed by atoms with Gasteiger partial charge in [0.25, 0.3) is 0 Å². The van der Waals surface area contributed by atoms with Gasteiger partial charge in [-0.15, -0.1) is 0 Å². The zero-order chi connectivity index (χ0) is 16.7. The van der Waals surface area contributed by atoms with Gasteiger partial charge in [0.15, 0.2) is 0 Å². The second-order valence-corrected chi connectivity index (χ2v) is 6.42. The fourth-order valence-electron chi connectivity index (χ4n) is 4.27. The van der Waals surface area contributed by atoms with Crippen molar-refractivity contribution in [1.29, 1.82) is 0 Å². The highest BCUT2D eigenvalue weighted by Gasteiger charge is 2.62. The lowest BCUT2D eigenvalue weighted by Crippen LogP contribution is -2.64. The van der Waals surface area contributed by atoms with Gasteiger partial charge in [0.2, 0.25) is 5.91 Å². The van der Waals surface area contributed by atoms with E-state index >= 15 is 0 Å². The Hall–Kier alpha value is -1.66. The maximum absolute atomic E-state index is 12.5. The van der Waals surface area contributed by atoms with Crippen molar-refractivity contribution in [3.8, 4) is 0 Å². The Morgan fingerprint density at radius 1 is 1.52 bits per heavy atom. The molecule has 6 heteroatoms. The van der Waals surface area contributed by atoms with E-state index in [9.17, 15) is 14.7 Å². The van der Waals surface area contributed by atoms with Crippen LogP contribution in [0.15, 0.2) is 23.9 Å². The van der Waals surface area contributed by atoms with Crippen LogP contribution in [0.3, 0.4) is 0 Å². The van der Waals surface area contributed by atoms with Gasteiger partial charge in [-0.3, -0.25) is 4.79 Å². The van der Waals surface area contributed by atoms with Gasteiger partial charge in [-0.1, -0.05) is 12.7 Å². The molecule has 6 nitrogen and oxygen atoms in total. The van der Waals surface area contributed by atoms with Crippen LogP contribution in [0.4, 0.5) is 0 Å². The van der Waals surface area contributed by atoms with Gasteiger partial charge in [0, 0.05) is 13.0 Å². The van der Waals surface area contributed by atoms with Crippen LogP contribution in [0.2, 0.25) is 0 Å². The second-order valence-electron chi connectivity index (χ2n) is 6.42. The molecule has 0 aromatic carbocycles. The molecule has 5 atom stereocenters. The number of rotatable bonds is 5. The molecule has 1 aliphatic carbocycles. The number of hydrogen-bond acceptors (Lipinski definition) is 5. The summed E-state index contributed by atoms with van der Waals surface area (Å²) in [5, 5.41) is 9.94. The van der Waals surface area contributed by atoms with Gasteiger partial charge in [-0.2, -0.15) is 0 Å². The van der Waals surface area contributed by atoms with E-state index in [2.05, 4.69) is 6.58 Å². The van der Waals surface area contributed by atoms with Crippen LogP contribution >= 0.6 is 0 Å². The molecule has 0 bridgehead atoms. The summed E-state index contributed by atoms with van der Waals surface area (Å²) in [7, 11) is 1.62. The van der Waals surface area contributed by atoms with Crippen molar-refractivity contribution in [1.82, 2.24) is 4.90 Å². The zero-order valence-electron chi connectivity index (χ0n) is 13.5. The molecule has 1 saturated carbocycles. The molecule has 23 heavy (non-hydrogen) atoms. The molecular formula is C17H23NO5. The lowest BCUT2D eigenvalue weighted by Gasteiger charge is -2.47. The van der Waals surface area contributed by atoms with Crippen LogP contribution in [-0.2, 0) is 19.1 Å². The molecule has 5 unspecified atom stereocenters. The van der Waals surface area contributed by atoms with Crippen molar-refractivity contribution in [3.05, 3.63) is 23.9 Å². The number of hydrogen-bond donors (Lipinski definition) is 1. The lowest BCUT2D eigenvalue weighted by molar-refractivity contribution is -0.164. The van der Waals surface area contributed by atoms with Crippen LogP contribution < -0.4 is 0 Å². The number of aliphatic hydroxyl groups excluding tert-OH is 1. The average Bonchev–Trinajstić information content (AvgIpc) is 2.82. The van der Waals surface area contributed by atoms with Crippen molar-refractivity contribution < 1.29 is 24.2 Å². The second kappa shape index (κ2) is 6.09. The topological polar surface area (TPSA) is 76.1 Å². The summed E-state index contributed by atoms with van der Waals surface area (Å²) in [5.41, 5.74) is 1.20. The first kappa shape index (κ1) is 16.2. The minimum absolute atomic E-state index is 0.0669. The Bertz CT molecular complexity index is 567. The molecule has 3 aliphatic rings. The molecule has 0 spiro atoms. The third kappa shape index (κ3) is 2.32. The molecule has 2 aliphatic heterocycles. The molecule has 2 fully saturated rings. The highest BCUT2D eigenvalue weighted by atomic mass is 16.5. The molecule has 0 radical (unpaired) electrons. The highest BCUT2D eigenvalue weighted by molar-refractivity contribution is 6.01. The van der Waals surface area contributed by atoms with E-state index in [1.54, 1.807) is 14.0 Å². The molecule has 126 valence electrons. The van der Waals surface area contributed by atoms with E-state index in [0.717, 1.165) is 24.8 Å². The molecule has 1 amide bonds. The van der Waals surface area contributed by atoms with Gasteiger partial charge in [-0.25, -0.2) is 4.79 Å². The fraction of sp³-hybridized carbons (Fsp3) is 0.647. The number of carbonyl (C=O) groups is 2. The third-order valence-corrected chi connectivity index (χ3v) is 5.17. The Labute approximate surface area is 135 Å². The standard InChI is InChI=1S/C17H23NO5/c1-4-8-23-17(21)15-13-10(6-5-7-11(13)22-3)14-12(9(2)19)16(20)18(14)15/h4,9-12,14,19H,1,5-8H2,2-3H3. The summed E-state index contributed by atoms with van der Waals surface area (Å²) in [5.74, 6) is -1.09. The number of nitrogens with zero attached hydrogens (tertiary/aromatic N) is 1. The normalized spacial score (nSPS) is 33.7. The van der Waals surface area contributed by atoms with Crippen molar-refractivity contribution >= 4 is 11.9 Å². The first-order valence-corrected chi connectivity index (χ1v) is 8.08. The number of aliphatic hydroxyl groups is 1. The van der Waals surface area contributed by atoms with Crippen LogP contribution in [-0.4, -0.2) is 53.8 Å².